The second-order valence-corrected chi connectivity index (χ2v) is 9.54. The minimum atomic E-state index is -3.97. The quantitative estimate of drug-likeness (QED) is 0.776. The Morgan fingerprint density at radius 2 is 1.81 bits per heavy atom. The molecule has 0 spiro atoms. The molecule has 0 atom stereocenters. The molecule has 1 N–H and O–H groups in total. The largest absolute Gasteiger partial charge is 0.459 e. The molecular formula is C19H28N2O5S. The van der Waals surface area contributed by atoms with E-state index < -0.39 is 21.6 Å². The van der Waals surface area contributed by atoms with Crippen molar-refractivity contribution in [2.24, 2.45) is 0 Å². The molecular weight excluding hydrogens is 368 g/mol. The highest BCUT2D eigenvalue weighted by Crippen LogP contribution is 2.26. The Morgan fingerprint density at radius 1 is 1.15 bits per heavy atom. The number of sulfonamides is 1. The summed E-state index contributed by atoms with van der Waals surface area (Å²) in [5.41, 5.74) is -0.462. The third-order valence-corrected chi connectivity index (χ3v) is 5.97. The van der Waals surface area contributed by atoms with E-state index in [1.54, 1.807) is 39.0 Å². The number of para-hydroxylation sites is 1. The van der Waals surface area contributed by atoms with Crippen LogP contribution in [0, 0.1) is 0 Å². The summed E-state index contributed by atoms with van der Waals surface area (Å²) in [6.45, 7) is 5.08. The molecule has 1 amide bonds. The molecule has 0 saturated heterocycles. The molecule has 2 rings (SSSR count). The Bertz CT molecular complexity index is 784. The van der Waals surface area contributed by atoms with Gasteiger partial charge in [0.2, 0.25) is 15.9 Å². The first-order valence-electron chi connectivity index (χ1n) is 9.20. The van der Waals surface area contributed by atoms with E-state index in [4.69, 9.17) is 4.74 Å². The molecule has 8 heteroatoms. The lowest BCUT2D eigenvalue weighted by Gasteiger charge is -2.26. The van der Waals surface area contributed by atoms with Crippen molar-refractivity contribution < 1.29 is 22.7 Å². The van der Waals surface area contributed by atoms with E-state index in [1.807, 2.05) is 0 Å². The van der Waals surface area contributed by atoms with Crippen molar-refractivity contribution in [2.75, 3.05) is 18.4 Å². The van der Waals surface area contributed by atoms with Gasteiger partial charge in [-0.05, 0) is 45.7 Å². The highest BCUT2D eigenvalue weighted by Gasteiger charge is 2.30. The molecule has 0 radical (unpaired) electrons. The first kappa shape index (κ1) is 21.4. The summed E-state index contributed by atoms with van der Waals surface area (Å²) < 4.78 is 32.9. The van der Waals surface area contributed by atoms with Crippen molar-refractivity contribution in [3.05, 3.63) is 24.3 Å². The van der Waals surface area contributed by atoms with Gasteiger partial charge in [0.05, 0.1) is 5.69 Å². The van der Waals surface area contributed by atoms with Gasteiger partial charge < -0.3 is 10.1 Å². The summed E-state index contributed by atoms with van der Waals surface area (Å²) in [5, 5.41) is 2.69. The summed E-state index contributed by atoms with van der Waals surface area (Å²) in [5.74, 6) is -0.809. The average molecular weight is 397 g/mol. The molecule has 150 valence electrons. The number of carbonyl (C=O) groups excluding carboxylic acids is 2. The zero-order chi connectivity index (χ0) is 20.1. The summed E-state index contributed by atoms with van der Waals surface area (Å²) in [7, 11) is -3.97. The van der Waals surface area contributed by atoms with Crippen LogP contribution in [-0.2, 0) is 24.3 Å². The number of carbonyl (C=O) groups is 2. The Hall–Kier alpha value is -1.93. The smallest absolute Gasteiger partial charge is 0.321 e. The number of nitrogens with zero attached hydrogens (tertiary/aromatic N) is 1. The predicted octanol–water partition coefficient (Wildman–Crippen LogP) is 2.92. The summed E-state index contributed by atoms with van der Waals surface area (Å²) in [6.07, 6.45) is 3.33. The summed E-state index contributed by atoms with van der Waals surface area (Å²) >= 11 is 0. The van der Waals surface area contributed by atoms with E-state index in [2.05, 4.69) is 5.32 Å². The fourth-order valence-electron chi connectivity index (χ4n) is 2.88. The van der Waals surface area contributed by atoms with Crippen molar-refractivity contribution in [1.29, 1.82) is 0 Å². The Labute approximate surface area is 161 Å². The maximum atomic E-state index is 13.2. The predicted molar refractivity (Wildman–Crippen MR) is 103 cm³/mol. The van der Waals surface area contributed by atoms with Crippen molar-refractivity contribution in [1.82, 2.24) is 4.31 Å². The van der Waals surface area contributed by atoms with E-state index in [9.17, 15) is 18.0 Å². The maximum absolute atomic E-state index is 13.2. The van der Waals surface area contributed by atoms with Crippen LogP contribution in [0.2, 0.25) is 0 Å². The average Bonchev–Trinajstić information content (AvgIpc) is 2.54. The van der Waals surface area contributed by atoms with Gasteiger partial charge in [-0.1, -0.05) is 25.0 Å². The number of hydrogen-bond acceptors (Lipinski definition) is 5. The lowest BCUT2D eigenvalue weighted by molar-refractivity contribution is -0.155. The highest BCUT2D eigenvalue weighted by molar-refractivity contribution is 7.89. The van der Waals surface area contributed by atoms with Crippen LogP contribution in [0.4, 0.5) is 5.69 Å². The van der Waals surface area contributed by atoms with E-state index >= 15 is 0 Å². The fourth-order valence-corrected chi connectivity index (χ4v) is 4.45. The monoisotopic (exact) mass is 396 g/mol. The van der Waals surface area contributed by atoms with Crippen LogP contribution in [-0.4, -0.2) is 43.3 Å². The maximum Gasteiger partial charge on any atom is 0.321 e. The van der Waals surface area contributed by atoms with Crippen LogP contribution in [0.25, 0.3) is 0 Å². The van der Waals surface area contributed by atoms with Crippen molar-refractivity contribution in [3.8, 4) is 0 Å². The minimum Gasteiger partial charge on any atom is -0.459 e. The summed E-state index contributed by atoms with van der Waals surface area (Å²) in [6, 6.07) is 6.26. The van der Waals surface area contributed by atoms with Crippen LogP contribution in [0.3, 0.4) is 0 Å². The first-order chi connectivity index (χ1) is 12.6. The van der Waals surface area contributed by atoms with Crippen LogP contribution >= 0.6 is 0 Å². The van der Waals surface area contributed by atoms with E-state index in [0.717, 1.165) is 23.6 Å². The SMILES string of the molecule is CC(C)(C)OC(=O)CN1CCCCCCC(=O)Nc2ccccc2S1(=O)=O. The first-order valence-corrected chi connectivity index (χ1v) is 10.6. The Kier molecular flexibility index (Phi) is 7.00. The lowest BCUT2D eigenvalue weighted by Crippen LogP contribution is -2.39. The molecule has 1 aromatic rings. The van der Waals surface area contributed by atoms with Crippen LogP contribution in [0.1, 0.15) is 52.9 Å². The number of fused-ring (bicyclic) bond motifs is 1. The second kappa shape index (κ2) is 8.84. The number of benzene rings is 1. The topological polar surface area (TPSA) is 92.8 Å². The number of nitrogens with one attached hydrogen (secondary N) is 1. The molecule has 1 heterocycles. The molecule has 0 fully saturated rings. The third-order valence-electron chi connectivity index (χ3n) is 4.07. The standard InChI is InChI=1S/C19H28N2O5S/c1-19(2,3)26-18(23)14-21-13-9-5-4-6-12-17(22)20-15-10-7-8-11-16(15)27(21,24)25/h7-8,10-11H,4-6,9,12-14H2,1-3H3,(H,20,22). The van der Waals surface area contributed by atoms with Gasteiger partial charge >= 0.3 is 5.97 Å². The number of rotatable bonds is 2. The normalized spacial score (nSPS) is 19.1. The van der Waals surface area contributed by atoms with Gasteiger partial charge in [0.25, 0.3) is 0 Å². The van der Waals surface area contributed by atoms with Gasteiger partial charge in [-0.3, -0.25) is 9.59 Å². The second-order valence-electron chi connectivity index (χ2n) is 7.63. The van der Waals surface area contributed by atoms with Crippen LogP contribution in [0.15, 0.2) is 29.2 Å². The summed E-state index contributed by atoms with van der Waals surface area (Å²) in [4.78, 5) is 24.3. The molecule has 27 heavy (non-hydrogen) atoms. The number of amides is 1. The molecule has 7 nitrogen and oxygen atoms in total. The molecule has 0 bridgehead atoms. The number of anilines is 1. The molecule has 1 aromatic carbocycles. The number of ether oxygens (including phenoxy) is 1. The van der Waals surface area contributed by atoms with Gasteiger partial charge in [-0.15, -0.1) is 0 Å². The van der Waals surface area contributed by atoms with Crippen LogP contribution in [0.5, 0.6) is 0 Å². The van der Waals surface area contributed by atoms with E-state index in [-0.39, 0.29) is 29.6 Å². The Balaban J connectivity index is 2.36. The van der Waals surface area contributed by atoms with Gasteiger partial charge in [0, 0.05) is 13.0 Å². The minimum absolute atomic E-state index is 0.0116. The molecule has 0 unspecified atom stereocenters. The van der Waals surface area contributed by atoms with Crippen molar-refractivity contribution >= 4 is 27.6 Å². The number of hydrogen-bond donors (Lipinski definition) is 1. The zero-order valence-corrected chi connectivity index (χ0v) is 17.0. The highest BCUT2D eigenvalue weighted by atomic mass is 32.2. The molecule has 1 aliphatic rings. The third kappa shape index (κ3) is 6.32. The van der Waals surface area contributed by atoms with Gasteiger partial charge in [-0.25, -0.2) is 8.42 Å². The van der Waals surface area contributed by atoms with E-state index in [1.165, 1.54) is 6.07 Å². The Morgan fingerprint density at radius 3 is 2.52 bits per heavy atom. The van der Waals surface area contributed by atoms with Crippen molar-refractivity contribution in [2.45, 2.75) is 63.4 Å². The lowest BCUT2D eigenvalue weighted by atomic mass is 10.1. The number of esters is 1. The van der Waals surface area contributed by atoms with E-state index in [0.29, 0.717) is 12.8 Å². The molecule has 0 saturated carbocycles. The van der Waals surface area contributed by atoms with Crippen LogP contribution < -0.4 is 5.32 Å². The molecule has 0 aromatic heterocycles. The fraction of sp³-hybridized carbons (Fsp3) is 0.579. The van der Waals surface area contributed by atoms with Gasteiger partial charge in [-0.2, -0.15) is 4.31 Å². The van der Waals surface area contributed by atoms with Gasteiger partial charge in [0.15, 0.2) is 0 Å². The molecule has 1 aliphatic heterocycles. The zero-order valence-electron chi connectivity index (χ0n) is 16.2. The van der Waals surface area contributed by atoms with Gasteiger partial charge in [0.1, 0.15) is 17.0 Å². The molecule has 0 aliphatic carbocycles. The van der Waals surface area contributed by atoms with Crippen molar-refractivity contribution in [3.63, 3.8) is 0 Å².